The van der Waals surface area contributed by atoms with Gasteiger partial charge in [-0.05, 0) is 32.4 Å². The van der Waals surface area contributed by atoms with Crippen molar-refractivity contribution >= 4 is 23.2 Å². The zero-order chi connectivity index (χ0) is 20.1. The molecule has 0 aliphatic carbocycles. The Balaban J connectivity index is 1.57. The summed E-state index contributed by atoms with van der Waals surface area (Å²) in [5.74, 6) is -0.506. The van der Waals surface area contributed by atoms with Crippen LogP contribution in [0.4, 0.5) is 0 Å². The zero-order valence-corrected chi connectivity index (χ0v) is 17.4. The number of piperazine rings is 1. The molecule has 0 N–H and O–H groups in total. The van der Waals surface area contributed by atoms with Gasteiger partial charge in [0.15, 0.2) is 0 Å². The number of aryl methyl sites for hydroxylation is 2. The lowest BCUT2D eigenvalue weighted by molar-refractivity contribution is 0.0522. The molecule has 1 saturated heterocycles. The Labute approximate surface area is 169 Å². The highest BCUT2D eigenvalue weighted by atomic mass is 32.1. The summed E-state index contributed by atoms with van der Waals surface area (Å²) in [6, 6.07) is 3.23. The van der Waals surface area contributed by atoms with E-state index >= 15 is 0 Å². The lowest BCUT2D eigenvalue weighted by atomic mass is 10.1. The average Bonchev–Trinajstić information content (AvgIpc) is 3.15. The fourth-order valence-electron chi connectivity index (χ4n) is 3.19. The second-order valence-corrected chi connectivity index (χ2v) is 7.65. The average molecular weight is 403 g/mol. The molecule has 1 aliphatic rings. The van der Waals surface area contributed by atoms with Gasteiger partial charge in [-0.2, -0.15) is 0 Å². The first-order valence-corrected chi connectivity index (χ1v) is 10.5. The number of esters is 1. The highest BCUT2D eigenvalue weighted by Crippen LogP contribution is 2.15. The fourth-order valence-corrected chi connectivity index (χ4v) is 3.92. The van der Waals surface area contributed by atoms with E-state index < -0.39 is 5.97 Å². The maximum absolute atomic E-state index is 12.8. The number of aromatic nitrogens is 2. The van der Waals surface area contributed by atoms with Gasteiger partial charge in [-0.15, -0.1) is 11.3 Å². The summed E-state index contributed by atoms with van der Waals surface area (Å²) in [5.41, 5.74) is 2.38. The lowest BCUT2D eigenvalue weighted by Gasteiger charge is -2.34. The minimum absolute atomic E-state index is 0.0971. The van der Waals surface area contributed by atoms with E-state index in [1.807, 2.05) is 4.90 Å². The van der Waals surface area contributed by atoms with Crippen molar-refractivity contribution in [3.63, 3.8) is 0 Å². The van der Waals surface area contributed by atoms with E-state index in [0.717, 1.165) is 36.8 Å². The molecule has 0 unspecified atom stereocenters. The van der Waals surface area contributed by atoms with Gasteiger partial charge in [0.2, 0.25) is 0 Å². The topological polar surface area (TPSA) is 75.6 Å². The molecule has 1 amide bonds. The van der Waals surface area contributed by atoms with E-state index in [-0.39, 0.29) is 5.91 Å². The summed E-state index contributed by atoms with van der Waals surface area (Å²) in [4.78, 5) is 37.8. The Bertz CT molecular complexity index is 844. The number of carbonyl (C=O) groups is 2. The van der Waals surface area contributed by atoms with Gasteiger partial charge in [0.1, 0.15) is 5.69 Å². The predicted octanol–water partition coefficient (Wildman–Crippen LogP) is 2.54. The van der Waals surface area contributed by atoms with Crippen LogP contribution in [0.15, 0.2) is 17.5 Å². The van der Waals surface area contributed by atoms with Crippen molar-refractivity contribution in [1.82, 2.24) is 19.8 Å². The van der Waals surface area contributed by atoms with E-state index in [1.54, 1.807) is 37.3 Å². The van der Waals surface area contributed by atoms with Gasteiger partial charge < -0.3 is 9.64 Å². The molecule has 0 aromatic carbocycles. The summed E-state index contributed by atoms with van der Waals surface area (Å²) in [7, 11) is 0. The van der Waals surface area contributed by atoms with Crippen molar-refractivity contribution in [2.45, 2.75) is 33.7 Å². The Hall–Kier alpha value is -2.32. The third-order valence-corrected chi connectivity index (χ3v) is 5.79. The Morgan fingerprint density at radius 1 is 1.14 bits per heavy atom. The molecule has 3 rings (SSSR count). The molecule has 0 atom stereocenters. The summed E-state index contributed by atoms with van der Waals surface area (Å²) in [6.45, 7) is 9.66. The zero-order valence-electron chi connectivity index (χ0n) is 16.6. The van der Waals surface area contributed by atoms with E-state index in [9.17, 15) is 9.59 Å². The summed E-state index contributed by atoms with van der Waals surface area (Å²) < 4.78 is 5.01. The van der Waals surface area contributed by atoms with Crippen molar-refractivity contribution in [1.29, 1.82) is 0 Å². The largest absolute Gasteiger partial charge is 0.462 e. The number of amides is 1. The molecule has 28 heavy (non-hydrogen) atoms. The van der Waals surface area contributed by atoms with Crippen molar-refractivity contribution in [2.75, 3.05) is 32.8 Å². The summed E-state index contributed by atoms with van der Waals surface area (Å²) in [6.07, 6.45) is 0.967. The first-order chi connectivity index (χ1) is 13.5. The molecule has 7 nitrogen and oxygen atoms in total. The Morgan fingerprint density at radius 3 is 2.50 bits per heavy atom. The number of rotatable bonds is 6. The highest BCUT2D eigenvalue weighted by Gasteiger charge is 2.24. The lowest BCUT2D eigenvalue weighted by Crippen LogP contribution is -2.48. The fraction of sp³-hybridized carbons (Fsp3) is 0.500. The van der Waals surface area contributed by atoms with E-state index in [4.69, 9.17) is 4.74 Å². The van der Waals surface area contributed by atoms with Crippen LogP contribution in [0.5, 0.6) is 0 Å². The number of hydrogen-bond acceptors (Lipinski definition) is 7. The number of pyridine rings is 1. The van der Waals surface area contributed by atoms with Crippen molar-refractivity contribution in [3.8, 4) is 0 Å². The first kappa shape index (κ1) is 20.4. The molecule has 150 valence electrons. The third-order valence-electron chi connectivity index (χ3n) is 4.75. The quantitative estimate of drug-likeness (QED) is 0.691. The molecule has 8 heteroatoms. The van der Waals surface area contributed by atoms with Gasteiger partial charge >= 0.3 is 5.97 Å². The third kappa shape index (κ3) is 4.74. The molecule has 0 spiro atoms. The van der Waals surface area contributed by atoms with E-state index in [1.165, 1.54) is 0 Å². The second kappa shape index (κ2) is 9.25. The van der Waals surface area contributed by atoms with Gasteiger partial charge in [-0.1, -0.05) is 6.92 Å². The number of hydrogen-bond donors (Lipinski definition) is 0. The molecule has 0 saturated carbocycles. The van der Waals surface area contributed by atoms with Crippen molar-refractivity contribution in [2.24, 2.45) is 0 Å². The van der Waals surface area contributed by atoms with Gasteiger partial charge in [-0.3, -0.25) is 9.69 Å². The summed E-state index contributed by atoms with van der Waals surface area (Å²) in [5, 5.41) is 3.28. The van der Waals surface area contributed by atoms with Crippen LogP contribution in [0.2, 0.25) is 0 Å². The van der Waals surface area contributed by atoms with Gasteiger partial charge in [-0.25, -0.2) is 14.8 Å². The van der Waals surface area contributed by atoms with Gasteiger partial charge in [0, 0.05) is 38.1 Å². The van der Waals surface area contributed by atoms with Crippen LogP contribution in [0.3, 0.4) is 0 Å². The molecule has 3 heterocycles. The van der Waals surface area contributed by atoms with Gasteiger partial charge in [0.05, 0.1) is 28.6 Å². The van der Waals surface area contributed by atoms with Crippen LogP contribution >= 0.6 is 11.3 Å². The number of thiazole rings is 1. The number of nitrogens with zero attached hydrogens (tertiary/aromatic N) is 4. The molecule has 0 radical (unpaired) electrons. The second-order valence-electron chi connectivity index (χ2n) is 6.70. The van der Waals surface area contributed by atoms with E-state index in [2.05, 4.69) is 27.2 Å². The smallest absolute Gasteiger partial charge is 0.339 e. The molecule has 2 aromatic rings. The minimum atomic E-state index is -0.409. The standard InChI is InChI=1S/C20H26N4O3S/c1-4-18-22-15(13-28-18)12-23-8-10-24(11-9-23)19(25)17-7-6-16(14(3)21-17)20(26)27-5-2/h6-7,13H,4-5,8-12H2,1-3H3. The highest BCUT2D eigenvalue weighted by molar-refractivity contribution is 7.09. The maximum Gasteiger partial charge on any atom is 0.339 e. The Morgan fingerprint density at radius 2 is 1.89 bits per heavy atom. The van der Waals surface area contributed by atoms with Crippen LogP contribution < -0.4 is 0 Å². The molecular weight excluding hydrogens is 376 g/mol. The predicted molar refractivity (Wildman–Crippen MR) is 108 cm³/mol. The van der Waals surface area contributed by atoms with Gasteiger partial charge in [0.25, 0.3) is 5.91 Å². The monoisotopic (exact) mass is 402 g/mol. The number of carbonyl (C=O) groups excluding carboxylic acids is 2. The van der Waals surface area contributed by atoms with Crippen LogP contribution in [-0.2, 0) is 17.7 Å². The maximum atomic E-state index is 12.8. The molecule has 0 bridgehead atoms. The van der Waals surface area contributed by atoms with Crippen molar-refractivity contribution < 1.29 is 14.3 Å². The molecule has 1 fully saturated rings. The molecular formula is C20H26N4O3S. The molecule has 1 aliphatic heterocycles. The minimum Gasteiger partial charge on any atom is -0.462 e. The molecule has 2 aromatic heterocycles. The normalized spacial score (nSPS) is 14.9. The number of ether oxygens (including phenoxy) is 1. The first-order valence-electron chi connectivity index (χ1n) is 9.61. The van der Waals surface area contributed by atoms with Crippen LogP contribution in [-0.4, -0.2) is 64.4 Å². The van der Waals surface area contributed by atoms with Crippen molar-refractivity contribution in [3.05, 3.63) is 45.2 Å². The van der Waals surface area contributed by atoms with Crippen LogP contribution in [0, 0.1) is 6.92 Å². The van der Waals surface area contributed by atoms with Crippen LogP contribution in [0.1, 0.15) is 51.1 Å². The SMILES string of the molecule is CCOC(=O)c1ccc(C(=O)N2CCN(Cc3csc(CC)n3)CC2)nc1C. The Kier molecular flexibility index (Phi) is 6.74. The van der Waals surface area contributed by atoms with Crippen LogP contribution in [0.25, 0.3) is 0 Å². The summed E-state index contributed by atoms with van der Waals surface area (Å²) >= 11 is 1.70. The van der Waals surface area contributed by atoms with E-state index in [0.29, 0.717) is 36.6 Å².